The summed E-state index contributed by atoms with van der Waals surface area (Å²) >= 11 is 0. The van der Waals surface area contributed by atoms with Gasteiger partial charge in [-0.05, 0) is 112 Å². The Kier molecular flexibility index (Phi) is 15.3. The van der Waals surface area contributed by atoms with E-state index in [0.29, 0.717) is 66.3 Å². The van der Waals surface area contributed by atoms with Gasteiger partial charge in [-0.15, -0.1) is 0 Å². The van der Waals surface area contributed by atoms with E-state index < -0.39 is 53.3 Å². The smallest absolute Gasteiger partial charge is 0.324 e. The summed E-state index contributed by atoms with van der Waals surface area (Å²) in [6.45, 7) is 6.96. The Bertz CT molecular complexity index is 2950. The number of nitrogens with two attached hydrogens (primary N) is 2. The first-order valence-corrected chi connectivity index (χ1v) is 25.4. The number of ether oxygens (including phenoxy) is 2. The number of aromatic nitrogens is 4. The fourth-order valence-corrected chi connectivity index (χ4v) is 11.0. The number of fused-ring (bicyclic) bond motifs is 2. The van der Waals surface area contributed by atoms with Crippen LogP contribution in [0.1, 0.15) is 119 Å². The lowest BCUT2D eigenvalue weighted by Crippen LogP contribution is -2.37. The number of hydrogen-bond donors (Lipinski definition) is 2. The van der Waals surface area contributed by atoms with Gasteiger partial charge < -0.3 is 35.6 Å². The second-order valence-corrected chi connectivity index (χ2v) is 20.2. The molecule has 390 valence electrons. The Hall–Kier alpha value is -6.31. The lowest BCUT2D eigenvalue weighted by molar-refractivity contribution is -0.150. The van der Waals surface area contributed by atoms with Crippen LogP contribution in [0.2, 0.25) is 0 Å². The zero-order chi connectivity index (χ0) is 51.8. The van der Waals surface area contributed by atoms with E-state index in [2.05, 4.69) is 11.8 Å². The molecular formula is C54H65F5N10O4. The van der Waals surface area contributed by atoms with Gasteiger partial charge in [0.25, 0.3) is 0 Å². The highest BCUT2D eigenvalue weighted by molar-refractivity contribution is 5.81. The zero-order valence-corrected chi connectivity index (χ0v) is 42.1. The number of benzene rings is 4. The Morgan fingerprint density at radius 1 is 0.767 bits per heavy atom. The molecule has 3 aliphatic heterocycles. The third kappa shape index (κ3) is 10.3. The molecule has 14 nitrogen and oxygen atoms in total. The molecular weight excluding hydrogens is 948 g/mol. The lowest BCUT2D eigenvalue weighted by atomic mass is 9.89. The first kappa shape index (κ1) is 51.6. The van der Waals surface area contributed by atoms with Crippen LogP contribution in [0.15, 0.2) is 60.7 Å². The number of rotatable bonds is 17. The number of unbranched alkanes of at least 4 members (excludes halogenated alkanes) is 1. The monoisotopic (exact) mass is 1010 g/mol. The third-order valence-corrected chi connectivity index (χ3v) is 15.2. The summed E-state index contributed by atoms with van der Waals surface area (Å²) in [6, 6.07) is 12.0. The number of carbonyl (C=O) groups excluding carboxylic acids is 2. The molecule has 3 unspecified atom stereocenters. The van der Waals surface area contributed by atoms with Gasteiger partial charge in [-0.25, -0.2) is 31.9 Å². The average molecular weight is 1010 g/mol. The SMILES string of the molecule is CCCCN(C)c1nc2cc(C3CC[C@H](c4cc5nc(C6CCCN6C)n(COC(=O)C(N)C(C)C)c5cc4F)N3c3cc(F)c(N4CCC(c5ccc(F)cc5)CC4)c(F)c3)c(F)cc2n1COC(=O)CN. The number of imidazole rings is 2. The van der Waals surface area contributed by atoms with Gasteiger partial charge >= 0.3 is 11.9 Å². The maximum atomic E-state index is 17.2. The van der Waals surface area contributed by atoms with Gasteiger partial charge in [-0.2, -0.15) is 0 Å². The van der Waals surface area contributed by atoms with Crippen LogP contribution in [-0.2, 0) is 32.5 Å². The normalized spacial score (nSPS) is 19.2. The molecule has 0 spiro atoms. The number of piperidine rings is 1. The topological polar surface area (TPSA) is 153 Å². The maximum absolute atomic E-state index is 17.2. The van der Waals surface area contributed by atoms with E-state index in [0.717, 1.165) is 37.8 Å². The highest BCUT2D eigenvalue weighted by atomic mass is 19.1. The van der Waals surface area contributed by atoms with E-state index in [1.165, 1.54) is 36.4 Å². The summed E-state index contributed by atoms with van der Waals surface area (Å²) in [6.07, 6.45) is 5.11. The molecule has 0 saturated carbocycles. The van der Waals surface area contributed by atoms with Crippen LogP contribution in [0.5, 0.6) is 0 Å². The van der Waals surface area contributed by atoms with Crippen LogP contribution in [-0.4, -0.2) is 88.8 Å². The van der Waals surface area contributed by atoms with Gasteiger partial charge in [0.15, 0.2) is 25.1 Å². The van der Waals surface area contributed by atoms with Crippen molar-refractivity contribution in [3.05, 3.63) is 112 Å². The van der Waals surface area contributed by atoms with Crippen LogP contribution in [0.3, 0.4) is 0 Å². The number of carbonyl (C=O) groups is 2. The average Bonchev–Trinajstić information content (AvgIpc) is 4.17. The number of hydrogen-bond acceptors (Lipinski definition) is 12. The molecule has 4 N–H and O–H groups in total. The Morgan fingerprint density at radius 2 is 1.37 bits per heavy atom. The molecule has 3 aliphatic rings. The van der Waals surface area contributed by atoms with Gasteiger partial charge in [0.2, 0.25) is 5.95 Å². The standard InChI is InChI=1S/C54H65F5N10O4/c1-6-7-18-65(5)54-63-43-25-37(39(57)27-48(43)68(54)30-72-49(70)28-60)45-15-14-44(69(45)35-22-40(58)51(41(59)23-35)66-20-16-33(17-21-66)32-10-12-34(55)13-11-32)36-24-42-47(26-38(36)56)67(29-73-53(71)50(61)31(2)3)52(62-42)46-9-8-19-64(46)4/h10-13,22-27,31,33,44-46,50H,6-9,14-21,28-30,60-61H2,1-5H3/t44-,45?,46?,50?/m1/s1. The molecule has 0 aliphatic carbocycles. The van der Waals surface area contributed by atoms with Crippen LogP contribution in [0.4, 0.5) is 39.3 Å². The van der Waals surface area contributed by atoms with Gasteiger partial charge in [0, 0.05) is 55.6 Å². The molecule has 2 aromatic heterocycles. The quantitative estimate of drug-likeness (QED) is 0.0661. The molecule has 4 atom stereocenters. The van der Waals surface area contributed by atoms with Gasteiger partial charge in [0.1, 0.15) is 35.0 Å². The highest BCUT2D eigenvalue weighted by Gasteiger charge is 2.41. The predicted octanol–water partition coefficient (Wildman–Crippen LogP) is 9.49. The maximum Gasteiger partial charge on any atom is 0.324 e. The first-order chi connectivity index (χ1) is 35.1. The summed E-state index contributed by atoms with van der Waals surface area (Å²) in [5.74, 6) is -3.58. The minimum atomic E-state index is -0.869. The fraction of sp³-hybridized carbons (Fsp3) is 0.481. The summed E-state index contributed by atoms with van der Waals surface area (Å²) in [7, 11) is 3.82. The van der Waals surface area contributed by atoms with Crippen molar-refractivity contribution in [2.24, 2.45) is 17.4 Å². The van der Waals surface area contributed by atoms with Crippen LogP contribution >= 0.6 is 0 Å². The van der Waals surface area contributed by atoms with Gasteiger partial charge in [-0.3, -0.25) is 23.6 Å². The molecule has 3 saturated heterocycles. The van der Waals surface area contributed by atoms with Crippen LogP contribution < -0.4 is 26.2 Å². The number of esters is 2. The molecule has 4 aromatic carbocycles. The molecule has 73 heavy (non-hydrogen) atoms. The number of anilines is 3. The highest BCUT2D eigenvalue weighted by Crippen LogP contribution is 2.50. The van der Waals surface area contributed by atoms with E-state index in [9.17, 15) is 14.0 Å². The van der Waals surface area contributed by atoms with E-state index in [1.54, 1.807) is 43.2 Å². The molecule has 0 amide bonds. The van der Waals surface area contributed by atoms with Crippen molar-refractivity contribution < 1.29 is 41.0 Å². The second-order valence-electron chi connectivity index (χ2n) is 20.2. The minimum absolute atomic E-state index is 0.0814. The molecule has 9 rings (SSSR count). The molecule has 0 radical (unpaired) electrons. The van der Waals surface area contributed by atoms with E-state index in [1.807, 2.05) is 32.8 Å². The number of nitrogens with zero attached hydrogens (tertiary/aromatic N) is 8. The number of halogens is 5. The predicted molar refractivity (Wildman–Crippen MR) is 270 cm³/mol. The van der Waals surface area contributed by atoms with Crippen molar-refractivity contribution in [3.63, 3.8) is 0 Å². The zero-order valence-electron chi connectivity index (χ0n) is 42.1. The summed E-state index contributed by atoms with van der Waals surface area (Å²) in [5, 5.41) is 0. The molecule has 19 heteroatoms. The fourth-order valence-electron chi connectivity index (χ4n) is 11.0. The van der Waals surface area contributed by atoms with Crippen molar-refractivity contribution in [2.75, 3.05) is 61.5 Å². The van der Waals surface area contributed by atoms with Crippen LogP contribution in [0, 0.1) is 35.0 Å². The summed E-state index contributed by atoms with van der Waals surface area (Å²) in [4.78, 5) is 42.6. The van der Waals surface area contributed by atoms with E-state index in [-0.39, 0.29) is 79.0 Å². The first-order valence-electron chi connectivity index (χ1n) is 25.4. The van der Waals surface area contributed by atoms with Crippen molar-refractivity contribution in [1.82, 2.24) is 24.0 Å². The Labute approximate surface area is 422 Å². The Morgan fingerprint density at radius 3 is 1.95 bits per heavy atom. The van der Waals surface area contributed by atoms with E-state index in [4.69, 9.17) is 30.9 Å². The minimum Gasteiger partial charge on any atom is -0.443 e. The van der Waals surface area contributed by atoms with Crippen molar-refractivity contribution in [1.29, 1.82) is 0 Å². The summed E-state index contributed by atoms with van der Waals surface area (Å²) < 4.78 is 96.2. The third-order valence-electron chi connectivity index (χ3n) is 15.2. The largest absolute Gasteiger partial charge is 0.443 e. The summed E-state index contributed by atoms with van der Waals surface area (Å²) in [5.41, 5.74) is 14.4. The Balaban J connectivity index is 1.13. The molecule has 0 bridgehead atoms. The van der Waals surface area contributed by atoms with E-state index >= 15 is 17.6 Å². The van der Waals surface area contributed by atoms with Crippen LogP contribution in [0.25, 0.3) is 22.1 Å². The van der Waals surface area contributed by atoms with Crippen molar-refractivity contribution >= 4 is 51.3 Å². The number of likely N-dealkylation sites (tertiary alicyclic amines) is 1. The van der Waals surface area contributed by atoms with Gasteiger partial charge in [0.05, 0.1) is 46.7 Å². The van der Waals surface area contributed by atoms with Crippen molar-refractivity contribution in [3.8, 4) is 0 Å². The van der Waals surface area contributed by atoms with Crippen molar-refractivity contribution in [2.45, 2.75) is 116 Å². The molecule has 6 aromatic rings. The van der Waals surface area contributed by atoms with Gasteiger partial charge in [-0.1, -0.05) is 39.3 Å². The molecule has 5 heterocycles. The molecule has 3 fully saturated rings. The lowest BCUT2D eigenvalue weighted by Gasteiger charge is -2.36. The second kappa shape index (κ2) is 21.6.